The number of carboxylic acid groups (broad SMARTS) is 1. The van der Waals surface area contributed by atoms with Crippen LogP contribution in [0.1, 0.15) is 12.8 Å². The van der Waals surface area contributed by atoms with Gasteiger partial charge in [-0.05, 0) is 42.2 Å². The highest BCUT2D eigenvalue weighted by atomic mass is 35.5. The first-order chi connectivity index (χ1) is 13.0. The van der Waals surface area contributed by atoms with Gasteiger partial charge in [0.1, 0.15) is 12.1 Å². The molecule has 1 aliphatic heterocycles. The summed E-state index contributed by atoms with van der Waals surface area (Å²) in [5, 5.41) is 11.3. The zero-order valence-electron chi connectivity index (χ0n) is 14.4. The van der Waals surface area contributed by atoms with E-state index in [0.717, 1.165) is 40.8 Å². The van der Waals surface area contributed by atoms with Gasteiger partial charge in [-0.15, -0.1) is 0 Å². The van der Waals surface area contributed by atoms with Gasteiger partial charge in [-0.2, -0.15) is 0 Å². The second-order valence-corrected chi connectivity index (χ2v) is 7.46. The van der Waals surface area contributed by atoms with Gasteiger partial charge < -0.3 is 10.0 Å². The van der Waals surface area contributed by atoms with Crippen molar-refractivity contribution in [3.63, 3.8) is 0 Å². The molecule has 0 bridgehead atoms. The van der Waals surface area contributed by atoms with E-state index in [1.807, 2.05) is 35.2 Å². The van der Waals surface area contributed by atoms with Crippen LogP contribution in [-0.2, 0) is 4.79 Å². The number of piperidine rings is 1. The number of nitrogens with zero attached hydrogens (tertiary/aromatic N) is 3. The third-order valence-electron chi connectivity index (χ3n) is 4.94. The number of aromatic nitrogens is 2. The topological polar surface area (TPSA) is 66.3 Å². The first kappa shape index (κ1) is 18.0. The predicted octanol–water partition coefficient (Wildman–Crippen LogP) is 4.90. The number of rotatable bonds is 3. The molecular weight excluding hydrogens is 385 g/mol. The van der Waals surface area contributed by atoms with Crippen molar-refractivity contribution in [3.8, 4) is 11.1 Å². The van der Waals surface area contributed by atoms with E-state index in [2.05, 4.69) is 9.97 Å². The minimum absolute atomic E-state index is 0.388. The summed E-state index contributed by atoms with van der Waals surface area (Å²) >= 11 is 12.3. The summed E-state index contributed by atoms with van der Waals surface area (Å²) in [6.07, 6.45) is 3.03. The van der Waals surface area contributed by atoms with Crippen molar-refractivity contribution in [2.24, 2.45) is 5.92 Å². The van der Waals surface area contributed by atoms with Crippen LogP contribution >= 0.6 is 23.2 Å². The van der Waals surface area contributed by atoms with Crippen LogP contribution < -0.4 is 4.90 Å². The molecule has 2 heterocycles. The van der Waals surface area contributed by atoms with E-state index in [-0.39, 0.29) is 5.92 Å². The van der Waals surface area contributed by atoms with Crippen LogP contribution in [0.15, 0.2) is 42.7 Å². The molecule has 1 N–H and O–H groups in total. The maximum absolute atomic E-state index is 11.5. The van der Waals surface area contributed by atoms with Gasteiger partial charge in [0.15, 0.2) is 0 Å². The summed E-state index contributed by atoms with van der Waals surface area (Å²) in [7, 11) is 0. The Balaban J connectivity index is 1.87. The first-order valence-electron chi connectivity index (χ1n) is 8.71. The maximum Gasteiger partial charge on any atom is 0.308 e. The van der Waals surface area contributed by atoms with Gasteiger partial charge in [0.25, 0.3) is 0 Å². The Morgan fingerprint density at radius 2 is 2.00 bits per heavy atom. The molecule has 4 rings (SSSR count). The molecule has 3 aromatic rings. The molecule has 1 fully saturated rings. The lowest BCUT2D eigenvalue weighted by Crippen LogP contribution is -2.39. The van der Waals surface area contributed by atoms with Crippen LogP contribution in [-0.4, -0.2) is 34.1 Å². The van der Waals surface area contributed by atoms with Gasteiger partial charge in [-0.1, -0.05) is 41.4 Å². The van der Waals surface area contributed by atoms with Crippen molar-refractivity contribution >= 4 is 45.9 Å². The number of anilines is 1. The molecule has 1 atom stereocenters. The predicted molar refractivity (Wildman–Crippen MR) is 108 cm³/mol. The molecule has 0 radical (unpaired) electrons. The second-order valence-electron chi connectivity index (χ2n) is 6.65. The van der Waals surface area contributed by atoms with Crippen molar-refractivity contribution < 1.29 is 9.90 Å². The van der Waals surface area contributed by atoms with Crippen molar-refractivity contribution in [1.29, 1.82) is 0 Å². The van der Waals surface area contributed by atoms with Gasteiger partial charge >= 0.3 is 5.97 Å². The fourth-order valence-electron chi connectivity index (χ4n) is 3.61. The van der Waals surface area contributed by atoms with Crippen LogP contribution in [0.2, 0.25) is 10.0 Å². The first-order valence-corrected chi connectivity index (χ1v) is 9.47. The van der Waals surface area contributed by atoms with E-state index in [1.165, 1.54) is 6.33 Å². The summed E-state index contributed by atoms with van der Waals surface area (Å²) in [6.45, 7) is 1.21. The molecule has 7 heteroatoms. The molecule has 1 unspecified atom stereocenters. The Bertz CT molecular complexity index is 1020. The lowest BCUT2D eigenvalue weighted by Gasteiger charge is -2.32. The van der Waals surface area contributed by atoms with E-state index in [4.69, 9.17) is 23.2 Å². The smallest absolute Gasteiger partial charge is 0.308 e. The Labute approximate surface area is 166 Å². The van der Waals surface area contributed by atoms with E-state index in [0.29, 0.717) is 23.0 Å². The number of aliphatic carboxylic acids is 1. The second kappa shape index (κ2) is 7.33. The van der Waals surface area contributed by atoms with Crippen LogP contribution in [0.3, 0.4) is 0 Å². The lowest BCUT2D eigenvalue weighted by atomic mass is 9.96. The average Bonchev–Trinajstić information content (AvgIpc) is 2.69. The Kier molecular flexibility index (Phi) is 4.89. The number of hydrogen-bond acceptors (Lipinski definition) is 4. The summed E-state index contributed by atoms with van der Waals surface area (Å²) in [5.74, 6) is -0.392. The molecule has 0 spiro atoms. The Morgan fingerprint density at radius 3 is 2.78 bits per heavy atom. The minimum atomic E-state index is -0.761. The van der Waals surface area contributed by atoms with Gasteiger partial charge in [0.05, 0.1) is 26.9 Å². The minimum Gasteiger partial charge on any atom is -0.481 e. The monoisotopic (exact) mass is 401 g/mol. The molecule has 2 aromatic carbocycles. The summed E-state index contributed by atoms with van der Waals surface area (Å²) in [5.41, 5.74) is 2.66. The van der Waals surface area contributed by atoms with Crippen LogP contribution in [0.5, 0.6) is 0 Å². The maximum atomic E-state index is 11.5. The van der Waals surface area contributed by atoms with E-state index >= 15 is 0 Å². The molecule has 0 amide bonds. The third kappa shape index (κ3) is 3.45. The molecule has 1 aromatic heterocycles. The zero-order chi connectivity index (χ0) is 19.0. The highest BCUT2D eigenvalue weighted by molar-refractivity contribution is 6.42. The van der Waals surface area contributed by atoms with Crippen molar-refractivity contribution in [2.45, 2.75) is 12.8 Å². The molecule has 0 saturated carbocycles. The van der Waals surface area contributed by atoms with Gasteiger partial charge in [0.2, 0.25) is 0 Å². The Hall–Kier alpha value is -2.37. The van der Waals surface area contributed by atoms with E-state index in [9.17, 15) is 9.90 Å². The van der Waals surface area contributed by atoms with Crippen LogP contribution in [0.4, 0.5) is 5.82 Å². The number of carboxylic acids is 1. The SMILES string of the molecule is O=C(O)C1CCCN(c2ncnc3cccc(-c4ccc(Cl)c(Cl)c4)c23)C1. The number of halogens is 2. The highest BCUT2D eigenvalue weighted by Gasteiger charge is 2.27. The summed E-state index contributed by atoms with van der Waals surface area (Å²) < 4.78 is 0. The van der Waals surface area contributed by atoms with E-state index in [1.54, 1.807) is 6.07 Å². The standard InChI is InChI=1S/C20H17Cl2N3O2/c21-15-7-6-12(9-16(15)22)14-4-1-5-17-18(14)19(24-11-23-17)25-8-2-3-13(10-25)20(26)27/h1,4-7,9,11,13H,2-3,8,10H2,(H,26,27). The fourth-order valence-corrected chi connectivity index (χ4v) is 3.91. The zero-order valence-corrected chi connectivity index (χ0v) is 15.9. The third-order valence-corrected chi connectivity index (χ3v) is 5.68. The van der Waals surface area contributed by atoms with Crippen molar-refractivity contribution in [3.05, 3.63) is 52.8 Å². The Morgan fingerprint density at radius 1 is 1.15 bits per heavy atom. The van der Waals surface area contributed by atoms with Crippen LogP contribution in [0.25, 0.3) is 22.0 Å². The lowest BCUT2D eigenvalue weighted by molar-refractivity contribution is -0.141. The normalized spacial score (nSPS) is 17.3. The average molecular weight is 402 g/mol. The number of hydrogen-bond donors (Lipinski definition) is 1. The summed E-state index contributed by atoms with van der Waals surface area (Å²) in [4.78, 5) is 22.4. The van der Waals surface area contributed by atoms with Crippen molar-refractivity contribution in [2.75, 3.05) is 18.0 Å². The quantitative estimate of drug-likeness (QED) is 0.675. The van der Waals surface area contributed by atoms with Gasteiger partial charge in [-0.3, -0.25) is 4.79 Å². The van der Waals surface area contributed by atoms with Gasteiger partial charge in [0, 0.05) is 13.1 Å². The molecule has 5 nitrogen and oxygen atoms in total. The number of benzene rings is 2. The van der Waals surface area contributed by atoms with E-state index < -0.39 is 5.97 Å². The highest BCUT2D eigenvalue weighted by Crippen LogP contribution is 2.37. The number of fused-ring (bicyclic) bond motifs is 1. The molecule has 1 aliphatic rings. The number of carbonyl (C=O) groups is 1. The van der Waals surface area contributed by atoms with Crippen LogP contribution in [0, 0.1) is 5.92 Å². The molecule has 27 heavy (non-hydrogen) atoms. The molecular formula is C20H17Cl2N3O2. The molecule has 1 saturated heterocycles. The van der Waals surface area contributed by atoms with Gasteiger partial charge in [-0.25, -0.2) is 9.97 Å². The molecule has 0 aliphatic carbocycles. The largest absolute Gasteiger partial charge is 0.481 e. The fraction of sp³-hybridized carbons (Fsp3) is 0.250. The summed E-state index contributed by atoms with van der Waals surface area (Å²) in [6, 6.07) is 11.4. The molecule has 138 valence electrons. The van der Waals surface area contributed by atoms with Crippen molar-refractivity contribution in [1.82, 2.24) is 9.97 Å².